The fourth-order valence-corrected chi connectivity index (χ4v) is 1.67. The van der Waals surface area contributed by atoms with Crippen LogP contribution >= 0.6 is 0 Å². The summed E-state index contributed by atoms with van der Waals surface area (Å²) in [6.45, 7) is 4.30. The van der Waals surface area contributed by atoms with E-state index in [1.807, 2.05) is 24.3 Å². The van der Waals surface area contributed by atoms with Gasteiger partial charge in [0.15, 0.2) is 0 Å². The van der Waals surface area contributed by atoms with Crippen molar-refractivity contribution < 1.29 is 4.92 Å². The van der Waals surface area contributed by atoms with Crippen LogP contribution < -0.4 is 5.32 Å². The fraction of sp³-hybridized carbons (Fsp3) is 0.167. The van der Waals surface area contributed by atoms with E-state index in [2.05, 4.69) is 17.2 Å². The molecule has 2 aromatic rings. The first kappa shape index (κ1) is 11.3. The lowest BCUT2D eigenvalue weighted by Gasteiger charge is -2.08. The van der Waals surface area contributed by atoms with Gasteiger partial charge in [-0.2, -0.15) is 0 Å². The molecular weight excluding hydrogens is 218 g/mol. The van der Waals surface area contributed by atoms with Crippen molar-refractivity contribution >= 4 is 22.3 Å². The van der Waals surface area contributed by atoms with Gasteiger partial charge in [0.25, 0.3) is 0 Å². The third-order valence-corrected chi connectivity index (χ3v) is 2.43. The minimum Gasteiger partial charge on any atom is -0.379 e. The summed E-state index contributed by atoms with van der Waals surface area (Å²) >= 11 is 0. The summed E-state index contributed by atoms with van der Waals surface area (Å²) in [7, 11) is 0. The Balaban J connectivity index is 2.61. The molecule has 2 rings (SSSR count). The van der Waals surface area contributed by atoms with Crippen LogP contribution in [0.15, 0.2) is 30.5 Å². The molecule has 0 saturated heterocycles. The summed E-state index contributed by atoms with van der Waals surface area (Å²) < 4.78 is 0. The molecular formula is C12H12N3O2. The van der Waals surface area contributed by atoms with Crippen LogP contribution in [0.2, 0.25) is 0 Å². The zero-order valence-electron chi connectivity index (χ0n) is 9.22. The van der Waals surface area contributed by atoms with Gasteiger partial charge in [0, 0.05) is 11.9 Å². The van der Waals surface area contributed by atoms with Crippen LogP contribution in [-0.2, 0) is 0 Å². The van der Waals surface area contributed by atoms with Crippen LogP contribution in [0.5, 0.6) is 0 Å². The lowest BCUT2D eigenvalue weighted by Crippen LogP contribution is -2.04. The van der Waals surface area contributed by atoms with Gasteiger partial charge >= 0.3 is 5.69 Å². The molecule has 0 saturated carbocycles. The summed E-state index contributed by atoms with van der Waals surface area (Å²) in [6.07, 6.45) is 1.95. The van der Waals surface area contributed by atoms with Crippen LogP contribution in [0.25, 0.3) is 10.9 Å². The summed E-state index contributed by atoms with van der Waals surface area (Å²) in [5, 5.41) is 14.7. The van der Waals surface area contributed by atoms with Crippen molar-refractivity contribution in [1.29, 1.82) is 0 Å². The molecule has 0 amide bonds. The Labute approximate surface area is 98.6 Å². The molecule has 0 bridgehead atoms. The Hall–Kier alpha value is -2.17. The van der Waals surface area contributed by atoms with Crippen LogP contribution in [0, 0.1) is 17.0 Å². The maximum absolute atomic E-state index is 10.9. The van der Waals surface area contributed by atoms with Crippen molar-refractivity contribution in [3.8, 4) is 0 Å². The Morgan fingerprint density at radius 3 is 2.88 bits per heavy atom. The third kappa shape index (κ3) is 2.18. The van der Waals surface area contributed by atoms with Crippen LogP contribution in [0.3, 0.4) is 0 Å². The summed E-state index contributed by atoms with van der Waals surface area (Å²) in [6, 6.07) is 7.34. The maximum Gasteiger partial charge on any atom is 0.311 e. The van der Waals surface area contributed by atoms with Gasteiger partial charge in [-0.15, -0.1) is 0 Å². The Morgan fingerprint density at radius 2 is 2.18 bits per heavy atom. The third-order valence-electron chi connectivity index (χ3n) is 2.43. The first-order chi connectivity index (χ1) is 8.24. The minimum absolute atomic E-state index is 0.00264. The van der Waals surface area contributed by atoms with Gasteiger partial charge in [-0.3, -0.25) is 10.1 Å². The molecule has 0 fully saturated rings. The van der Waals surface area contributed by atoms with Crippen molar-refractivity contribution in [2.75, 3.05) is 11.9 Å². The average molecular weight is 230 g/mol. The molecule has 0 aliphatic carbocycles. The smallest absolute Gasteiger partial charge is 0.311 e. The number of para-hydroxylation sites is 1. The Bertz CT molecular complexity index is 554. The van der Waals surface area contributed by atoms with Crippen molar-refractivity contribution in [1.82, 2.24) is 4.98 Å². The molecule has 0 aliphatic rings. The Kier molecular flexibility index (Phi) is 3.18. The summed E-state index contributed by atoms with van der Waals surface area (Å²) in [5.74, 6) is 0. The van der Waals surface area contributed by atoms with E-state index in [9.17, 15) is 10.1 Å². The number of nitrogens with one attached hydrogen (secondary N) is 1. The molecule has 17 heavy (non-hydrogen) atoms. The highest BCUT2D eigenvalue weighted by Crippen LogP contribution is 2.31. The van der Waals surface area contributed by atoms with Gasteiger partial charge in [-0.1, -0.05) is 25.1 Å². The average Bonchev–Trinajstić information content (AvgIpc) is 2.35. The molecule has 5 heteroatoms. The topological polar surface area (TPSA) is 68.1 Å². The lowest BCUT2D eigenvalue weighted by atomic mass is 10.1. The number of aromatic nitrogens is 1. The highest BCUT2D eigenvalue weighted by atomic mass is 16.6. The van der Waals surface area contributed by atoms with E-state index in [1.165, 1.54) is 6.20 Å². The normalized spacial score (nSPS) is 10.4. The number of nitro groups is 1. The van der Waals surface area contributed by atoms with Crippen molar-refractivity contribution in [2.45, 2.75) is 6.42 Å². The molecule has 0 atom stereocenters. The fourth-order valence-electron chi connectivity index (χ4n) is 1.67. The van der Waals surface area contributed by atoms with E-state index in [0.717, 1.165) is 10.9 Å². The first-order valence-electron chi connectivity index (χ1n) is 5.29. The van der Waals surface area contributed by atoms with Gasteiger partial charge in [-0.05, 0) is 12.5 Å². The van der Waals surface area contributed by atoms with Crippen LogP contribution in [0.4, 0.5) is 11.4 Å². The standard InChI is InChI=1S/C12H12N3O2/c1-2-7-13-12-9-5-3-4-6-10(9)14-8-11(12)15(16)17/h3-6,8H,1-2,7H2,(H,13,14). The highest BCUT2D eigenvalue weighted by Gasteiger charge is 2.16. The molecule has 1 heterocycles. The molecule has 1 radical (unpaired) electrons. The van der Waals surface area contributed by atoms with Crippen molar-refractivity contribution in [2.24, 2.45) is 0 Å². The van der Waals surface area contributed by atoms with Gasteiger partial charge < -0.3 is 5.32 Å². The number of hydrogen-bond acceptors (Lipinski definition) is 4. The maximum atomic E-state index is 10.9. The summed E-state index contributed by atoms with van der Waals surface area (Å²) in [5.41, 5.74) is 1.26. The molecule has 1 aromatic carbocycles. The van der Waals surface area contributed by atoms with Crippen molar-refractivity contribution in [3.05, 3.63) is 47.5 Å². The highest BCUT2D eigenvalue weighted by molar-refractivity contribution is 5.95. The second kappa shape index (κ2) is 4.78. The van der Waals surface area contributed by atoms with Crippen LogP contribution in [0.1, 0.15) is 6.42 Å². The van der Waals surface area contributed by atoms with E-state index < -0.39 is 4.92 Å². The van der Waals surface area contributed by atoms with Gasteiger partial charge in [0.05, 0.1) is 10.4 Å². The monoisotopic (exact) mass is 230 g/mol. The van der Waals surface area contributed by atoms with E-state index in [1.54, 1.807) is 0 Å². The predicted molar refractivity (Wildman–Crippen MR) is 66.9 cm³/mol. The number of hydrogen-bond donors (Lipinski definition) is 1. The van der Waals surface area contributed by atoms with Crippen molar-refractivity contribution in [3.63, 3.8) is 0 Å². The largest absolute Gasteiger partial charge is 0.379 e. The molecule has 0 aliphatic heterocycles. The second-order valence-corrected chi connectivity index (χ2v) is 3.57. The number of benzene rings is 1. The zero-order chi connectivity index (χ0) is 12.3. The van der Waals surface area contributed by atoms with Gasteiger partial charge in [-0.25, -0.2) is 4.98 Å². The molecule has 1 N–H and O–H groups in total. The first-order valence-corrected chi connectivity index (χ1v) is 5.29. The number of pyridine rings is 1. The predicted octanol–water partition coefficient (Wildman–Crippen LogP) is 2.78. The number of fused-ring (bicyclic) bond motifs is 1. The molecule has 0 unspecified atom stereocenters. The molecule has 87 valence electrons. The van der Waals surface area contributed by atoms with E-state index in [-0.39, 0.29) is 5.69 Å². The van der Waals surface area contributed by atoms with E-state index in [4.69, 9.17) is 0 Å². The Morgan fingerprint density at radius 1 is 1.41 bits per heavy atom. The SMILES string of the molecule is [CH2]CCNc1c([N+](=O)[O-])cnc2ccccc12. The van der Waals surface area contributed by atoms with Gasteiger partial charge in [0.1, 0.15) is 11.9 Å². The molecule has 0 spiro atoms. The molecule has 5 nitrogen and oxygen atoms in total. The minimum atomic E-state index is -0.426. The summed E-state index contributed by atoms with van der Waals surface area (Å²) in [4.78, 5) is 14.6. The van der Waals surface area contributed by atoms with Crippen LogP contribution in [-0.4, -0.2) is 16.5 Å². The second-order valence-electron chi connectivity index (χ2n) is 3.57. The molecule has 1 aromatic heterocycles. The van der Waals surface area contributed by atoms with E-state index in [0.29, 0.717) is 18.7 Å². The zero-order valence-corrected chi connectivity index (χ0v) is 9.22. The van der Waals surface area contributed by atoms with Gasteiger partial charge in [0.2, 0.25) is 0 Å². The number of rotatable bonds is 4. The lowest BCUT2D eigenvalue weighted by molar-refractivity contribution is -0.384. The quantitative estimate of drug-likeness (QED) is 0.647. The number of nitrogens with zero attached hydrogens (tertiary/aromatic N) is 2. The number of anilines is 1. The van der Waals surface area contributed by atoms with E-state index >= 15 is 0 Å².